The molecule has 0 atom stereocenters. The molecule has 0 spiro atoms. The van der Waals surface area contributed by atoms with Gasteiger partial charge in [0.2, 0.25) is 0 Å². The number of ether oxygens (including phenoxy) is 2. The lowest BCUT2D eigenvalue weighted by molar-refractivity contribution is -0.163. The lowest BCUT2D eigenvalue weighted by Crippen LogP contribution is -2.64. The van der Waals surface area contributed by atoms with Crippen molar-refractivity contribution in [3.63, 3.8) is 0 Å². The Morgan fingerprint density at radius 3 is 2.69 bits per heavy atom. The van der Waals surface area contributed by atoms with Gasteiger partial charge in [0.1, 0.15) is 5.54 Å². The van der Waals surface area contributed by atoms with Crippen molar-refractivity contribution in [3.05, 3.63) is 0 Å². The lowest BCUT2D eigenvalue weighted by atomic mass is 9.74. The van der Waals surface area contributed by atoms with Gasteiger partial charge < -0.3 is 9.47 Å². The third kappa shape index (κ3) is 2.75. The summed E-state index contributed by atoms with van der Waals surface area (Å²) in [5.74, 6) is 2.25. The number of hydrogen-bond acceptors (Lipinski definition) is 4. The average Bonchev–Trinajstić information content (AvgIpc) is 2.21. The van der Waals surface area contributed by atoms with E-state index in [0.717, 1.165) is 0 Å². The van der Waals surface area contributed by atoms with Crippen LogP contribution in [0.25, 0.3) is 0 Å². The first-order valence-corrected chi connectivity index (χ1v) is 5.65. The van der Waals surface area contributed by atoms with Crippen LogP contribution >= 0.6 is 0 Å². The predicted octanol–water partition coefficient (Wildman–Crippen LogP) is 0.710. The van der Waals surface area contributed by atoms with E-state index in [4.69, 9.17) is 15.9 Å². The lowest BCUT2D eigenvalue weighted by Gasteiger charge is -2.45. The summed E-state index contributed by atoms with van der Waals surface area (Å²) in [5, 5.41) is 3.06. The summed E-state index contributed by atoms with van der Waals surface area (Å²) in [6, 6.07) is 0. The Hall–Kier alpha value is -1.05. The van der Waals surface area contributed by atoms with Crippen LogP contribution in [-0.2, 0) is 14.3 Å². The van der Waals surface area contributed by atoms with Gasteiger partial charge in [0.25, 0.3) is 0 Å². The second kappa shape index (κ2) is 5.88. The van der Waals surface area contributed by atoms with E-state index in [0.29, 0.717) is 32.6 Å². The molecule has 1 rings (SSSR count). The SMILES string of the molecule is C#CCNC1(C(=O)OCC)CC(OCC)C1. The van der Waals surface area contributed by atoms with E-state index < -0.39 is 5.54 Å². The second-order valence-corrected chi connectivity index (χ2v) is 3.85. The molecule has 0 unspecified atom stereocenters. The fourth-order valence-corrected chi connectivity index (χ4v) is 1.94. The minimum atomic E-state index is -0.623. The van der Waals surface area contributed by atoms with Gasteiger partial charge in [-0.25, -0.2) is 0 Å². The third-order valence-corrected chi connectivity index (χ3v) is 2.75. The number of carbonyl (C=O) groups excluding carboxylic acids is 1. The highest BCUT2D eigenvalue weighted by Crippen LogP contribution is 2.35. The molecule has 0 aromatic rings. The van der Waals surface area contributed by atoms with E-state index in [2.05, 4.69) is 11.2 Å². The van der Waals surface area contributed by atoms with Crippen molar-refractivity contribution in [1.29, 1.82) is 0 Å². The zero-order valence-corrected chi connectivity index (χ0v) is 9.91. The third-order valence-electron chi connectivity index (χ3n) is 2.75. The van der Waals surface area contributed by atoms with Gasteiger partial charge in [-0.15, -0.1) is 6.42 Å². The maximum Gasteiger partial charge on any atom is 0.326 e. The molecule has 1 aliphatic carbocycles. The predicted molar refractivity (Wildman–Crippen MR) is 60.8 cm³/mol. The van der Waals surface area contributed by atoms with Gasteiger partial charge in [0.15, 0.2) is 0 Å². The molecule has 4 nitrogen and oxygen atoms in total. The Labute approximate surface area is 96.7 Å². The van der Waals surface area contributed by atoms with Gasteiger partial charge in [-0.3, -0.25) is 10.1 Å². The molecule has 0 bridgehead atoms. The first-order valence-electron chi connectivity index (χ1n) is 5.65. The maximum absolute atomic E-state index is 11.8. The van der Waals surface area contributed by atoms with Gasteiger partial charge >= 0.3 is 5.97 Å². The quantitative estimate of drug-likeness (QED) is 0.534. The Balaban J connectivity index is 2.53. The van der Waals surface area contributed by atoms with Crippen molar-refractivity contribution in [3.8, 4) is 12.3 Å². The zero-order chi connectivity index (χ0) is 12.0. The van der Waals surface area contributed by atoms with Crippen LogP contribution in [-0.4, -0.2) is 37.4 Å². The molecule has 1 aliphatic rings. The standard InChI is InChI=1S/C12H19NO3/c1-4-7-13-12(11(14)16-6-3)8-10(9-12)15-5-2/h1,10,13H,5-9H2,2-3H3. The number of nitrogens with one attached hydrogen (secondary N) is 1. The van der Waals surface area contributed by atoms with Gasteiger partial charge in [0.05, 0.1) is 19.3 Å². The number of carbonyl (C=O) groups is 1. The Morgan fingerprint density at radius 1 is 1.50 bits per heavy atom. The summed E-state index contributed by atoms with van der Waals surface area (Å²) in [6.07, 6.45) is 6.61. The van der Waals surface area contributed by atoms with Gasteiger partial charge in [-0.1, -0.05) is 5.92 Å². The highest BCUT2D eigenvalue weighted by molar-refractivity contribution is 5.82. The summed E-state index contributed by atoms with van der Waals surface area (Å²) in [4.78, 5) is 11.8. The van der Waals surface area contributed by atoms with Crippen molar-refractivity contribution in [1.82, 2.24) is 5.32 Å². The summed E-state index contributed by atoms with van der Waals surface area (Å²) in [6.45, 7) is 5.17. The number of esters is 1. The summed E-state index contributed by atoms with van der Waals surface area (Å²) in [7, 11) is 0. The average molecular weight is 225 g/mol. The van der Waals surface area contributed by atoms with Crippen LogP contribution in [0.5, 0.6) is 0 Å². The normalized spacial score (nSPS) is 27.9. The Bertz CT molecular complexity index is 276. The Kier molecular flexibility index (Phi) is 4.78. The highest BCUT2D eigenvalue weighted by Gasteiger charge is 2.51. The molecule has 1 fully saturated rings. The first kappa shape index (κ1) is 13.0. The van der Waals surface area contributed by atoms with Crippen LogP contribution in [0.4, 0.5) is 0 Å². The minimum Gasteiger partial charge on any atom is -0.465 e. The van der Waals surface area contributed by atoms with Crippen LogP contribution in [0.3, 0.4) is 0 Å². The molecule has 90 valence electrons. The molecule has 0 aromatic carbocycles. The van der Waals surface area contributed by atoms with E-state index >= 15 is 0 Å². The van der Waals surface area contributed by atoms with Crippen molar-refractivity contribution in [2.24, 2.45) is 0 Å². The van der Waals surface area contributed by atoms with E-state index in [9.17, 15) is 4.79 Å². The molecule has 0 radical (unpaired) electrons. The van der Waals surface area contributed by atoms with E-state index in [-0.39, 0.29) is 12.1 Å². The highest BCUT2D eigenvalue weighted by atomic mass is 16.5. The summed E-state index contributed by atoms with van der Waals surface area (Å²) in [5.41, 5.74) is -0.623. The van der Waals surface area contributed by atoms with Crippen molar-refractivity contribution in [2.45, 2.75) is 38.3 Å². The molecular weight excluding hydrogens is 206 g/mol. The molecule has 0 heterocycles. The summed E-state index contributed by atoms with van der Waals surface area (Å²) >= 11 is 0. The molecular formula is C12H19NO3. The van der Waals surface area contributed by atoms with Crippen LogP contribution in [0, 0.1) is 12.3 Å². The van der Waals surface area contributed by atoms with E-state index in [1.807, 2.05) is 6.92 Å². The maximum atomic E-state index is 11.8. The molecule has 16 heavy (non-hydrogen) atoms. The number of hydrogen-bond donors (Lipinski definition) is 1. The van der Waals surface area contributed by atoms with Crippen molar-refractivity contribution < 1.29 is 14.3 Å². The van der Waals surface area contributed by atoms with Gasteiger partial charge in [-0.2, -0.15) is 0 Å². The fraction of sp³-hybridized carbons (Fsp3) is 0.750. The van der Waals surface area contributed by atoms with Crippen LogP contribution in [0.15, 0.2) is 0 Å². The second-order valence-electron chi connectivity index (χ2n) is 3.85. The molecule has 1 saturated carbocycles. The van der Waals surface area contributed by atoms with E-state index in [1.54, 1.807) is 6.92 Å². The minimum absolute atomic E-state index is 0.139. The van der Waals surface area contributed by atoms with Gasteiger partial charge in [0, 0.05) is 19.4 Å². The smallest absolute Gasteiger partial charge is 0.326 e. The van der Waals surface area contributed by atoms with Crippen LogP contribution in [0.1, 0.15) is 26.7 Å². The molecule has 0 aromatic heterocycles. The first-order chi connectivity index (χ1) is 7.68. The summed E-state index contributed by atoms with van der Waals surface area (Å²) < 4.78 is 10.5. The van der Waals surface area contributed by atoms with Crippen LogP contribution < -0.4 is 5.32 Å². The molecule has 0 saturated heterocycles. The fourth-order valence-electron chi connectivity index (χ4n) is 1.94. The van der Waals surface area contributed by atoms with Crippen molar-refractivity contribution in [2.75, 3.05) is 19.8 Å². The molecule has 0 aliphatic heterocycles. The molecule has 4 heteroatoms. The molecule has 1 N–H and O–H groups in total. The van der Waals surface area contributed by atoms with Gasteiger partial charge in [-0.05, 0) is 13.8 Å². The topological polar surface area (TPSA) is 47.6 Å². The largest absolute Gasteiger partial charge is 0.465 e. The van der Waals surface area contributed by atoms with Crippen LogP contribution in [0.2, 0.25) is 0 Å². The van der Waals surface area contributed by atoms with Crippen molar-refractivity contribution >= 4 is 5.97 Å². The molecule has 0 amide bonds. The monoisotopic (exact) mass is 225 g/mol. The van der Waals surface area contributed by atoms with E-state index in [1.165, 1.54) is 0 Å². The number of terminal acetylenes is 1. The number of rotatable bonds is 6. The zero-order valence-electron chi connectivity index (χ0n) is 9.91. The Morgan fingerprint density at radius 2 is 2.19 bits per heavy atom.